The summed E-state index contributed by atoms with van der Waals surface area (Å²) in [5.74, 6) is -2.67. The standard InChI is InChI=1S/C15H7NO6/c17-13-8-3-1-2-4-9(8)14(18)12-10(13)5-7(15(19)20)6-11(12)16(21)22/h1-6H,(H,19,20). The minimum Gasteiger partial charge on any atom is -0.478 e. The number of carboxylic acid groups (broad SMARTS) is 1. The molecule has 0 saturated carbocycles. The van der Waals surface area contributed by atoms with Crippen LogP contribution in [0.25, 0.3) is 0 Å². The van der Waals surface area contributed by atoms with E-state index in [1.54, 1.807) is 12.1 Å². The van der Waals surface area contributed by atoms with Crippen LogP contribution in [-0.2, 0) is 0 Å². The van der Waals surface area contributed by atoms with Gasteiger partial charge in [-0.2, -0.15) is 0 Å². The van der Waals surface area contributed by atoms with Gasteiger partial charge in [0.2, 0.25) is 5.78 Å². The number of carbonyl (C=O) groups excluding carboxylic acids is 2. The lowest BCUT2D eigenvalue weighted by Crippen LogP contribution is -2.23. The molecule has 1 aliphatic carbocycles. The Labute approximate surface area is 123 Å². The van der Waals surface area contributed by atoms with Crippen LogP contribution in [0.3, 0.4) is 0 Å². The first-order valence-corrected chi connectivity index (χ1v) is 6.16. The molecule has 7 nitrogen and oxygen atoms in total. The summed E-state index contributed by atoms with van der Waals surface area (Å²) >= 11 is 0. The molecule has 3 rings (SSSR count). The van der Waals surface area contributed by atoms with Crippen LogP contribution in [0.2, 0.25) is 0 Å². The van der Waals surface area contributed by atoms with Crippen molar-refractivity contribution >= 4 is 23.2 Å². The quantitative estimate of drug-likeness (QED) is 0.572. The highest BCUT2D eigenvalue weighted by molar-refractivity contribution is 6.30. The van der Waals surface area contributed by atoms with Crippen molar-refractivity contribution in [2.45, 2.75) is 0 Å². The third-order valence-electron chi connectivity index (χ3n) is 3.45. The SMILES string of the molecule is O=C(O)c1cc2c(c([N+](=O)[O-])c1)C(=O)c1ccccc1C2=O. The summed E-state index contributed by atoms with van der Waals surface area (Å²) < 4.78 is 0. The second-order valence-corrected chi connectivity index (χ2v) is 4.68. The van der Waals surface area contributed by atoms with Gasteiger partial charge in [-0.1, -0.05) is 24.3 Å². The van der Waals surface area contributed by atoms with Crippen molar-refractivity contribution in [1.29, 1.82) is 0 Å². The van der Waals surface area contributed by atoms with E-state index in [4.69, 9.17) is 5.11 Å². The number of nitrogens with zero attached hydrogens (tertiary/aromatic N) is 1. The van der Waals surface area contributed by atoms with Crippen molar-refractivity contribution in [3.8, 4) is 0 Å². The minimum absolute atomic E-state index is 0.0752. The largest absolute Gasteiger partial charge is 0.478 e. The molecule has 0 radical (unpaired) electrons. The zero-order valence-corrected chi connectivity index (χ0v) is 10.9. The topological polar surface area (TPSA) is 115 Å². The summed E-state index contributed by atoms with van der Waals surface area (Å²) in [6.07, 6.45) is 0. The van der Waals surface area contributed by atoms with Crippen LogP contribution >= 0.6 is 0 Å². The zero-order chi connectivity index (χ0) is 16.0. The summed E-state index contributed by atoms with van der Waals surface area (Å²) in [7, 11) is 0. The highest BCUT2D eigenvalue weighted by Crippen LogP contribution is 2.34. The van der Waals surface area contributed by atoms with Crippen molar-refractivity contribution in [3.05, 3.63) is 74.3 Å². The Bertz CT molecular complexity index is 884. The molecule has 2 aromatic rings. The van der Waals surface area contributed by atoms with E-state index in [-0.39, 0.29) is 22.3 Å². The van der Waals surface area contributed by atoms with Crippen LogP contribution < -0.4 is 0 Å². The Morgan fingerprint density at radius 2 is 1.59 bits per heavy atom. The molecule has 1 aliphatic rings. The van der Waals surface area contributed by atoms with E-state index in [9.17, 15) is 24.5 Å². The molecule has 0 bridgehead atoms. The highest BCUT2D eigenvalue weighted by atomic mass is 16.6. The molecule has 2 aromatic carbocycles. The van der Waals surface area contributed by atoms with Gasteiger partial charge in [0.25, 0.3) is 5.69 Å². The van der Waals surface area contributed by atoms with Crippen LogP contribution in [0.15, 0.2) is 36.4 Å². The van der Waals surface area contributed by atoms with Crippen molar-refractivity contribution < 1.29 is 24.4 Å². The summed E-state index contributed by atoms with van der Waals surface area (Å²) in [5.41, 5.74) is -1.52. The monoisotopic (exact) mass is 297 g/mol. The molecule has 1 N–H and O–H groups in total. The third-order valence-corrected chi connectivity index (χ3v) is 3.45. The number of ketones is 2. The van der Waals surface area contributed by atoms with Crippen LogP contribution in [0.4, 0.5) is 5.69 Å². The first-order chi connectivity index (χ1) is 10.4. The summed E-state index contributed by atoms with van der Waals surface area (Å²) in [4.78, 5) is 46.3. The fourth-order valence-corrected chi connectivity index (χ4v) is 2.47. The van der Waals surface area contributed by atoms with E-state index >= 15 is 0 Å². The number of carboxylic acids is 1. The van der Waals surface area contributed by atoms with E-state index in [0.29, 0.717) is 0 Å². The van der Waals surface area contributed by atoms with Gasteiger partial charge in [-0.3, -0.25) is 19.7 Å². The maximum absolute atomic E-state index is 12.5. The Morgan fingerprint density at radius 3 is 2.14 bits per heavy atom. The lowest BCUT2D eigenvalue weighted by Gasteiger charge is -2.17. The van der Waals surface area contributed by atoms with E-state index in [1.807, 2.05) is 0 Å². The van der Waals surface area contributed by atoms with Gasteiger partial charge in [0.05, 0.1) is 10.5 Å². The normalized spacial score (nSPS) is 12.5. The number of benzene rings is 2. The molecule has 7 heteroatoms. The lowest BCUT2D eigenvalue weighted by molar-refractivity contribution is -0.385. The van der Waals surface area contributed by atoms with E-state index in [1.165, 1.54) is 12.1 Å². The third kappa shape index (κ3) is 1.80. The van der Waals surface area contributed by atoms with Gasteiger partial charge >= 0.3 is 5.97 Å². The number of hydrogen-bond acceptors (Lipinski definition) is 5. The molecular weight excluding hydrogens is 290 g/mol. The maximum atomic E-state index is 12.5. The number of aromatic carboxylic acids is 1. The smallest absolute Gasteiger partial charge is 0.335 e. The van der Waals surface area contributed by atoms with E-state index in [2.05, 4.69) is 0 Å². The predicted molar refractivity (Wildman–Crippen MR) is 73.4 cm³/mol. The van der Waals surface area contributed by atoms with E-state index < -0.39 is 33.7 Å². The summed E-state index contributed by atoms with van der Waals surface area (Å²) in [5, 5.41) is 20.2. The first-order valence-electron chi connectivity index (χ1n) is 6.16. The van der Waals surface area contributed by atoms with Crippen molar-refractivity contribution in [1.82, 2.24) is 0 Å². The summed E-state index contributed by atoms with van der Waals surface area (Å²) in [6.45, 7) is 0. The minimum atomic E-state index is -1.41. The van der Waals surface area contributed by atoms with Gasteiger partial charge in [-0.25, -0.2) is 4.79 Å². The molecule has 22 heavy (non-hydrogen) atoms. The molecule has 0 heterocycles. The second-order valence-electron chi connectivity index (χ2n) is 4.68. The van der Waals surface area contributed by atoms with Gasteiger partial charge in [-0.15, -0.1) is 0 Å². The maximum Gasteiger partial charge on any atom is 0.335 e. The molecule has 0 saturated heterocycles. The van der Waals surface area contributed by atoms with Gasteiger partial charge in [0, 0.05) is 22.8 Å². The molecule has 0 amide bonds. The summed E-state index contributed by atoms with van der Waals surface area (Å²) in [6, 6.07) is 7.74. The molecule has 0 atom stereocenters. The van der Waals surface area contributed by atoms with Gasteiger partial charge in [0.15, 0.2) is 5.78 Å². The highest BCUT2D eigenvalue weighted by Gasteiger charge is 2.36. The molecule has 0 aromatic heterocycles. The number of nitro benzene ring substituents is 1. The molecule has 0 aliphatic heterocycles. The van der Waals surface area contributed by atoms with E-state index in [0.717, 1.165) is 12.1 Å². The molecule has 0 fully saturated rings. The van der Waals surface area contributed by atoms with Crippen LogP contribution in [0, 0.1) is 10.1 Å². The molecule has 0 spiro atoms. The lowest BCUT2D eigenvalue weighted by atomic mass is 9.82. The molecular formula is C15H7NO6. The Kier molecular flexibility index (Phi) is 2.84. The second kappa shape index (κ2) is 4.59. The first kappa shape index (κ1) is 13.6. The van der Waals surface area contributed by atoms with Crippen LogP contribution in [-0.4, -0.2) is 27.6 Å². The Balaban J connectivity index is 2.39. The average molecular weight is 297 g/mol. The Morgan fingerprint density at radius 1 is 1.00 bits per heavy atom. The number of carbonyl (C=O) groups is 3. The zero-order valence-electron chi connectivity index (χ0n) is 10.9. The van der Waals surface area contributed by atoms with Crippen molar-refractivity contribution in [3.63, 3.8) is 0 Å². The fourth-order valence-electron chi connectivity index (χ4n) is 2.47. The number of fused-ring (bicyclic) bond motifs is 2. The number of nitro groups is 1. The van der Waals surface area contributed by atoms with Gasteiger partial charge < -0.3 is 5.11 Å². The number of hydrogen-bond donors (Lipinski definition) is 1. The average Bonchev–Trinajstić information content (AvgIpc) is 2.51. The van der Waals surface area contributed by atoms with Crippen molar-refractivity contribution in [2.75, 3.05) is 0 Å². The van der Waals surface area contributed by atoms with Crippen molar-refractivity contribution in [2.24, 2.45) is 0 Å². The van der Waals surface area contributed by atoms with Crippen LogP contribution in [0.1, 0.15) is 42.2 Å². The molecule has 0 unspecified atom stereocenters. The molecule has 108 valence electrons. The Hall–Kier alpha value is -3.35. The predicted octanol–water partition coefficient (Wildman–Crippen LogP) is 2.07. The number of rotatable bonds is 2. The fraction of sp³-hybridized carbons (Fsp3) is 0. The van der Waals surface area contributed by atoms with Gasteiger partial charge in [-0.05, 0) is 6.07 Å². The van der Waals surface area contributed by atoms with Gasteiger partial charge in [0.1, 0.15) is 5.56 Å². The van der Waals surface area contributed by atoms with Crippen LogP contribution in [0.5, 0.6) is 0 Å².